The van der Waals surface area contributed by atoms with Crippen molar-refractivity contribution >= 4 is 5.91 Å². The van der Waals surface area contributed by atoms with Crippen LogP contribution in [0.2, 0.25) is 0 Å². The van der Waals surface area contributed by atoms with Crippen LogP contribution in [-0.4, -0.2) is 19.1 Å². The number of nitrogens with one attached hydrogen (secondary N) is 1. The molecule has 3 N–H and O–H groups in total. The van der Waals surface area contributed by atoms with Crippen molar-refractivity contribution in [2.45, 2.75) is 26.4 Å². The van der Waals surface area contributed by atoms with Crippen LogP contribution in [0.4, 0.5) is 0 Å². The number of methoxy groups -OCH3 is 1. The van der Waals surface area contributed by atoms with Gasteiger partial charge in [-0.1, -0.05) is 26.0 Å². The third-order valence-corrected chi connectivity index (χ3v) is 2.62. The first-order valence-corrected chi connectivity index (χ1v) is 5.71. The van der Waals surface area contributed by atoms with Crippen molar-refractivity contribution in [2.75, 3.05) is 7.11 Å². The van der Waals surface area contributed by atoms with E-state index < -0.39 is 6.04 Å². The first-order valence-electron chi connectivity index (χ1n) is 5.71. The lowest BCUT2D eigenvalue weighted by Crippen LogP contribution is -2.43. The second kappa shape index (κ2) is 6.25. The molecule has 0 aliphatic rings. The minimum absolute atomic E-state index is 0.122. The molecule has 0 radical (unpaired) electrons. The molecule has 1 amide bonds. The lowest BCUT2D eigenvalue weighted by atomic mass is 10.0. The maximum atomic E-state index is 11.6. The molecule has 0 saturated heterocycles. The van der Waals surface area contributed by atoms with Crippen molar-refractivity contribution in [3.63, 3.8) is 0 Å². The Morgan fingerprint density at radius 3 is 2.76 bits per heavy atom. The summed E-state index contributed by atoms with van der Waals surface area (Å²) in [7, 11) is 1.62. The molecule has 0 bridgehead atoms. The van der Waals surface area contributed by atoms with Crippen LogP contribution in [0.15, 0.2) is 24.3 Å². The highest BCUT2D eigenvalue weighted by Gasteiger charge is 2.16. The third-order valence-electron chi connectivity index (χ3n) is 2.62. The SMILES string of the molecule is COc1cccc(CNC(=O)[C@@H](N)C(C)C)c1. The molecule has 1 aromatic carbocycles. The topological polar surface area (TPSA) is 64.3 Å². The van der Waals surface area contributed by atoms with Crippen LogP contribution in [-0.2, 0) is 11.3 Å². The van der Waals surface area contributed by atoms with E-state index in [-0.39, 0.29) is 11.8 Å². The van der Waals surface area contributed by atoms with Gasteiger partial charge in [0, 0.05) is 6.54 Å². The third kappa shape index (κ3) is 4.07. The van der Waals surface area contributed by atoms with E-state index in [0.29, 0.717) is 6.54 Å². The molecule has 4 nitrogen and oxygen atoms in total. The Labute approximate surface area is 102 Å². The van der Waals surface area contributed by atoms with Crippen LogP contribution in [0.25, 0.3) is 0 Å². The first-order chi connectivity index (χ1) is 8.04. The van der Waals surface area contributed by atoms with E-state index in [9.17, 15) is 4.79 Å². The molecule has 0 heterocycles. The summed E-state index contributed by atoms with van der Waals surface area (Å²) >= 11 is 0. The number of carbonyl (C=O) groups is 1. The molecule has 0 aliphatic carbocycles. The number of carbonyl (C=O) groups excluding carboxylic acids is 1. The zero-order chi connectivity index (χ0) is 12.8. The smallest absolute Gasteiger partial charge is 0.237 e. The van der Waals surface area contributed by atoms with Gasteiger partial charge in [0.25, 0.3) is 0 Å². The van der Waals surface area contributed by atoms with Crippen LogP contribution >= 0.6 is 0 Å². The van der Waals surface area contributed by atoms with Gasteiger partial charge in [0.05, 0.1) is 13.2 Å². The van der Waals surface area contributed by atoms with Crippen molar-refractivity contribution < 1.29 is 9.53 Å². The molecule has 1 atom stereocenters. The number of amides is 1. The molecule has 0 spiro atoms. The standard InChI is InChI=1S/C13H20N2O2/c1-9(2)12(14)13(16)15-8-10-5-4-6-11(7-10)17-3/h4-7,9,12H,8,14H2,1-3H3,(H,15,16)/t12-/m0/s1. The number of hydrogen-bond acceptors (Lipinski definition) is 3. The summed E-state index contributed by atoms with van der Waals surface area (Å²) in [6.45, 7) is 4.32. The summed E-state index contributed by atoms with van der Waals surface area (Å²) in [5.41, 5.74) is 6.74. The Kier molecular flexibility index (Phi) is 4.97. The Bertz CT molecular complexity index is 377. The van der Waals surface area contributed by atoms with Gasteiger partial charge in [-0.2, -0.15) is 0 Å². The molecule has 17 heavy (non-hydrogen) atoms. The van der Waals surface area contributed by atoms with E-state index in [1.165, 1.54) is 0 Å². The van der Waals surface area contributed by atoms with Gasteiger partial charge >= 0.3 is 0 Å². The van der Waals surface area contributed by atoms with Gasteiger partial charge in [-0.25, -0.2) is 0 Å². The lowest BCUT2D eigenvalue weighted by molar-refractivity contribution is -0.123. The number of benzene rings is 1. The fourth-order valence-electron chi connectivity index (χ4n) is 1.39. The fourth-order valence-corrected chi connectivity index (χ4v) is 1.39. The quantitative estimate of drug-likeness (QED) is 0.809. The van der Waals surface area contributed by atoms with Crippen molar-refractivity contribution in [3.05, 3.63) is 29.8 Å². The van der Waals surface area contributed by atoms with Crippen molar-refractivity contribution in [1.82, 2.24) is 5.32 Å². The molecule has 0 saturated carbocycles. The average Bonchev–Trinajstić information content (AvgIpc) is 2.35. The normalized spacial score (nSPS) is 12.3. The van der Waals surface area contributed by atoms with E-state index in [0.717, 1.165) is 11.3 Å². The molecule has 1 aromatic rings. The van der Waals surface area contributed by atoms with Gasteiger partial charge in [0.1, 0.15) is 5.75 Å². The highest BCUT2D eigenvalue weighted by atomic mass is 16.5. The van der Waals surface area contributed by atoms with E-state index in [4.69, 9.17) is 10.5 Å². The predicted molar refractivity (Wildman–Crippen MR) is 67.7 cm³/mol. The Hall–Kier alpha value is -1.55. The van der Waals surface area contributed by atoms with Crippen LogP contribution < -0.4 is 15.8 Å². The second-order valence-electron chi connectivity index (χ2n) is 4.34. The van der Waals surface area contributed by atoms with Crippen LogP contribution in [0.5, 0.6) is 5.75 Å². The van der Waals surface area contributed by atoms with Gasteiger partial charge in [-0.3, -0.25) is 4.79 Å². The van der Waals surface area contributed by atoms with Gasteiger partial charge in [0.15, 0.2) is 0 Å². The molecule has 0 unspecified atom stereocenters. The molecule has 4 heteroatoms. The van der Waals surface area contributed by atoms with Crippen LogP contribution in [0, 0.1) is 5.92 Å². The lowest BCUT2D eigenvalue weighted by Gasteiger charge is -2.15. The Balaban J connectivity index is 2.52. The van der Waals surface area contributed by atoms with Gasteiger partial charge in [0.2, 0.25) is 5.91 Å². The first kappa shape index (κ1) is 13.5. The molecule has 0 aromatic heterocycles. The minimum atomic E-state index is -0.458. The van der Waals surface area contributed by atoms with Crippen LogP contribution in [0.1, 0.15) is 19.4 Å². The minimum Gasteiger partial charge on any atom is -0.497 e. The number of rotatable bonds is 5. The Morgan fingerprint density at radius 1 is 1.47 bits per heavy atom. The average molecular weight is 236 g/mol. The summed E-state index contributed by atoms with van der Waals surface area (Å²) in [6, 6.07) is 7.12. The zero-order valence-corrected chi connectivity index (χ0v) is 10.6. The zero-order valence-electron chi connectivity index (χ0n) is 10.6. The van der Waals surface area contributed by atoms with E-state index >= 15 is 0 Å². The fraction of sp³-hybridized carbons (Fsp3) is 0.462. The number of ether oxygens (including phenoxy) is 1. The van der Waals surface area contributed by atoms with E-state index in [2.05, 4.69) is 5.32 Å². The molecule has 0 aliphatic heterocycles. The van der Waals surface area contributed by atoms with Crippen molar-refractivity contribution in [1.29, 1.82) is 0 Å². The van der Waals surface area contributed by atoms with Crippen molar-refractivity contribution in [2.24, 2.45) is 11.7 Å². The molecular weight excluding hydrogens is 216 g/mol. The number of hydrogen-bond donors (Lipinski definition) is 2. The second-order valence-corrected chi connectivity index (χ2v) is 4.34. The van der Waals surface area contributed by atoms with Gasteiger partial charge in [-0.05, 0) is 23.6 Å². The number of nitrogens with two attached hydrogens (primary N) is 1. The summed E-state index contributed by atoms with van der Waals surface area (Å²) in [5, 5.41) is 2.81. The summed E-state index contributed by atoms with van der Waals surface area (Å²) in [4.78, 5) is 11.6. The Morgan fingerprint density at radius 2 is 2.18 bits per heavy atom. The highest BCUT2D eigenvalue weighted by Crippen LogP contribution is 2.12. The molecule has 1 rings (SSSR count). The largest absolute Gasteiger partial charge is 0.497 e. The van der Waals surface area contributed by atoms with Gasteiger partial charge in [-0.15, -0.1) is 0 Å². The summed E-state index contributed by atoms with van der Waals surface area (Å²) in [5.74, 6) is 0.799. The maximum Gasteiger partial charge on any atom is 0.237 e. The summed E-state index contributed by atoms with van der Waals surface area (Å²) < 4.78 is 5.11. The van der Waals surface area contributed by atoms with Crippen LogP contribution in [0.3, 0.4) is 0 Å². The monoisotopic (exact) mass is 236 g/mol. The molecule has 94 valence electrons. The maximum absolute atomic E-state index is 11.6. The predicted octanol–water partition coefficient (Wildman–Crippen LogP) is 1.29. The van der Waals surface area contributed by atoms with E-state index in [1.54, 1.807) is 7.11 Å². The molecule has 0 fully saturated rings. The van der Waals surface area contributed by atoms with Gasteiger partial charge < -0.3 is 15.8 Å². The molecular formula is C13H20N2O2. The summed E-state index contributed by atoms with van der Waals surface area (Å²) in [6.07, 6.45) is 0. The van der Waals surface area contributed by atoms with Crippen molar-refractivity contribution in [3.8, 4) is 5.75 Å². The van der Waals surface area contributed by atoms with E-state index in [1.807, 2.05) is 38.1 Å². The highest BCUT2D eigenvalue weighted by molar-refractivity contribution is 5.81.